The number of hydrogen-bond acceptors (Lipinski definition) is 5. The molecule has 6 nitrogen and oxygen atoms in total. The summed E-state index contributed by atoms with van der Waals surface area (Å²) in [4.78, 5) is 22.1. The molecule has 1 unspecified atom stereocenters. The Hall–Kier alpha value is -1.69. The van der Waals surface area contributed by atoms with Gasteiger partial charge in [0.25, 0.3) is 5.91 Å². The number of nitrogen functional groups attached to an aromatic ring is 1. The third-order valence-corrected chi connectivity index (χ3v) is 3.29. The van der Waals surface area contributed by atoms with Crippen molar-refractivity contribution in [2.24, 2.45) is 5.92 Å². The van der Waals surface area contributed by atoms with E-state index in [1.54, 1.807) is 4.90 Å². The molecule has 0 aliphatic carbocycles. The highest BCUT2D eigenvalue weighted by molar-refractivity contribution is 5.96. The van der Waals surface area contributed by atoms with Crippen LogP contribution in [0.5, 0.6) is 0 Å². The van der Waals surface area contributed by atoms with E-state index in [0.29, 0.717) is 25.7 Å². The molecule has 2 heterocycles. The summed E-state index contributed by atoms with van der Waals surface area (Å²) in [5.74, 6) is 0.460. The summed E-state index contributed by atoms with van der Waals surface area (Å²) >= 11 is 0. The van der Waals surface area contributed by atoms with Gasteiger partial charge in [0.05, 0.1) is 6.61 Å². The van der Waals surface area contributed by atoms with Crippen molar-refractivity contribution >= 4 is 11.7 Å². The summed E-state index contributed by atoms with van der Waals surface area (Å²) in [5.41, 5.74) is 5.95. The lowest BCUT2D eigenvalue weighted by atomic mass is 9.98. The van der Waals surface area contributed by atoms with Crippen molar-refractivity contribution in [3.05, 3.63) is 18.1 Å². The number of nitrogens with two attached hydrogens (primary N) is 1. The highest BCUT2D eigenvalue weighted by Gasteiger charge is 2.26. The Morgan fingerprint density at radius 3 is 3.05 bits per heavy atom. The number of piperidine rings is 1. The van der Waals surface area contributed by atoms with Gasteiger partial charge in [-0.05, 0) is 25.7 Å². The van der Waals surface area contributed by atoms with E-state index in [2.05, 4.69) is 9.97 Å². The van der Waals surface area contributed by atoms with E-state index in [4.69, 9.17) is 10.5 Å². The maximum atomic E-state index is 12.3. The zero-order valence-electron chi connectivity index (χ0n) is 11.2. The van der Waals surface area contributed by atoms with Crippen LogP contribution in [0.1, 0.15) is 30.3 Å². The molecule has 19 heavy (non-hydrogen) atoms. The topological polar surface area (TPSA) is 81.3 Å². The third kappa shape index (κ3) is 3.41. The van der Waals surface area contributed by atoms with Gasteiger partial charge < -0.3 is 15.4 Å². The standard InChI is InChI=1S/C13H20N4O2/c1-2-19-9-10-4-3-7-17(8-10)13(18)11-12(14)16-6-5-15-11/h5-6,10H,2-4,7-9H2,1H3,(H2,14,16). The molecular weight excluding hydrogens is 244 g/mol. The van der Waals surface area contributed by atoms with Gasteiger partial charge in [-0.1, -0.05) is 0 Å². The van der Waals surface area contributed by atoms with Gasteiger partial charge in [-0.3, -0.25) is 4.79 Å². The SMILES string of the molecule is CCOCC1CCCN(C(=O)c2nccnc2N)C1. The number of amides is 1. The molecule has 1 amide bonds. The number of carbonyl (C=O) groups excluding carboxylic acids is 1. The van der Waals surface area contributed by atoms with Gasteiger partial charge in [-0.2, -0.15) is 0 Å². The van der Waals surface area contributed by atoms with Crippen molar-refractivity contribution in [3.8, 4) is 0 Å². The van der Waals surface area contributed by atoms with E-state index in [1.807, 2.05) is 6.92 Å². The smallest absolute Gasteiger partial charge is 0.276 e. The van der Waals surface area contributed by atoms with Crippen LogP contribution in [0.2, 0.25) is 0 Å². The molecule has 0 radical (unpaired) electrons. The number of anilines is 1. The Labute approximate surface area is 113 Å². The van der Waals surface area contributed by atoms with Crippen molar-refractivity contribution in [2.75, 3.05) is 32.0 Å². The molecule has 2 rings (SSSR count). The van der Waals surface area contributed by atoms with E-state index in [1.165, 1.54) is 12.4 Å². The first-order valence-corrected chi connectivity index (χ1v) is 6.66. The van der Waals surface area contributed by atoms with Gasteiger partial charge in [0.2, 0.25) is 0 Å². The first-order valence-electron chi connectivity index (χ1n) is 6.66. The highest BCUT2D eigenvalue weighted by Crippen LogP contribution is 2.19. The second kappa shape index (κ2) is 6.47. The van der Waals surface area contributed by atoms with Crippen LogP contribution in [-0.4, -0.2) is 47.1 Å². The number of rotatable bonds is 4. The van der Waals surface area contributed by atoms with Crippen LogP contribution in [0.15, 0.2) is 12.4 Å². The van der Waals surface area contributed by atoms with Gasteiger partial charge in [0.15, 0.2) is 11.5 Å². The van der Waals surface area contributed by atoms with Crippen LogP contribution < -0.4 is 5.73 Å². The van der Waals surface area contributed by atoms with E-state index < -0.39 is 0 Å². The van der Waals surface area contributed by atoms with Crippen molar-refractivity contribution in [1.82, 2.24) is 14.9 Å². The van der Waals surface area contributed by atoms with Crippen LogP contribution in [0, 0.1) is 5.92 Å². The quantitative estimate of drug-likeness (QED) is 0.875. The van der Waals surface area contributed by atoms with Gasteiger partial charge in [-0.15, -0.1) is 0 Å². The molecule has 1 aromatic heterocycles. The summed E-state index contributed by atoms with van der Waals surface area (Å²) in [7, 11) is 0. The summed E-state index contributed by atoms with van der Waals surface area (Å²) in [6.07, 6.45) is 5.06. The number of likely N-dealkylation sites (tertiary alicyclic amines) is 1. The molecule has 104 valence electrons. The molecule has 0 saturated carbocycles. The lowest BCUT2D eigenvalue weighted by Crippen LogP contribution is -2.41. The largest absolute Gasteiger partial charge is 0.382 e. The molecule has 0 aromatic carbocycles. The van der Waals surface area contributed by atoms with Crippen LogP contribution in [0.25, 0.3) is 0 Å². The molecule has 0 bridgehead atoms. The van der Waals surface area contributed by atoms with Crippen molar-refractivity contribution in [2.45, 2.75) is 19.8 Å². The number of aromatic nitrogens is 2. The lowest BCUT2D eigenvalue weighted by molar-refractivity contribution is 0.0497. The molecule has 1 aliphatic heterocycles. The van der Waals surface area contributed by atoms with Crippen LogP contribution in [-0.2, 0) is 4.74 Å². The van der Waals surface area contributed by atoms with Crippen LogP contribution >= 0.6 is 0 Å². The second-order valence-corrected chi connectivity index (χ2v) is 4.71. The van der Waals surface area contributed by atoms with Gasteiger partial charge in [0.1, 0.15) is 0 Å². The van der Waals surface area contributed by atoms with Gasteiger partial charge >= 0.3 is 0 Å². The monoisotopic (exact) mass is 264 g/mol. The lowest BCUT2D eigenvalue weighted by Gasteiger charge is -2.32. The molecule has 1 fully saturated rings. The first-order chi connectivity index (χ1) is 9.22. The maximum Gasteiger partial charge on any atom is 0.276 e. The molecule has 6 heteroatoms. The fourth-order valence-corrected chi connectivity index (χ4v) is 2.33. The Balaban J connectivity index is 2.01. The molecule has 1 aliphatic rings. The van der Waals surface area contributed by atoms with Crippen molar-refractivity contribution < 1.29 is 9.53 Å². The predicted octanol–water partition coefficient (Wildman–Crippen LogP) is 0.948. The van der Waals surface area contributed by atoms with Crippen molar-refractivity contribution in [3.63, 3.8) is 0 Å². The fourth-order valence-electron chi connectivity index (χ4n) is 2.33. The molecule has 1 atom stereocenters. The van der Waals surface area contributed by atoms with Crippen molar-refractivity contribution in [1.29, 1.82) is 0 Å². The summed E-state index contributed by atoms with van der Waals surface area (Å²) in [6, 6.07) is 0. The number of ether oxygens (including phenoxy) is 1. The highest BCUT2D eigenvalue weighted by atomic mass is 16.5. The maximum absolute atomic E-state index is 12.3. The summed E-state index contributed by atoms with van der Waals surface area (Å²) < 4.78 is 5.44. The average molecular weight is 264 g/mol. The number of hydrogen-bond donors (Lipinski definition) is 1. The third-order valence-electron chi connectivity index (χ3n) is 3.29. The Kier molecular flexibility index (Phi) is 4.68. The minimum atomic E-state index is -0.133. The first kappa shape index (κ1) is 13.7. The minimum absolute atomic E-state index is 0.133. The van der Waals surface area contributed by atoms with Gasteiger partial charge in [-0.25, -0.2) is 9.97 Å². The Morgan fingerprint density at radius 1 is 1.53 bits per heavy atom. The number of nitrogens with zero attached hydrogens (tertiary/aromatic N) is 3. The van der Waals surface area contributed by atoms with Gasteiger partial charge in [0, 0.05) is 32.1 Å². The van der Waals surface area contributed by atoms with E-state index in [-0.39, 0.29) is 17.4 Å². The molecule has 2 N–H and O–H groups in total. The Bertz CT molecular complexity index is 438. The fraction of sp³-hybridized carbons (Fsp3) is 0.615. The number of carbonyl (C=O) groups is 1. The van der Waals surface area contributed by atoms with Crippen LogP contribution in [0.4, 0.5) is 5.82 Å². The second-order valence-electron chi connectivity index (χ2n) is 4.71. The minimum Gasteiger partial charge on any atom is -0.382 e. The summed E-state index contributed by atoms with van der Waals surface area (Å²) in [5, 5.41) is 0. The molecule has 0 spiro atoms. The van der Waals surface area contributed by atoms with Crippen LogP contribution in [0.3, 0.4) is 0 Å². The van der Waals surface area contributed by atoms with E-state index in [9.17, 15) is 4.79 Å². The molecule has 1 saturated heterocycles. The zero-order valence-corrected chi connectivity index (χ0v) is 11.2. The normalized spacial score (nSPS) is 19.4. The Morgan fingerprint density at radius 2 is 2.32 bits per heavy atom. The molecular formula is C13H20N4O2. The predicted molar refractivity (Wildman–Crippen MR) is 71.6 cm³/mol. The van der Waals surface area contributed by atoms with E-state index >= 15 is 0 Å². The molecule has 1 aromatic rings. The zero-order chi connectivity index (χ0) is 13.7. The summed E-state index contributed by atoms with van der Waals surface area (Å²) in [6.45, 7) is 4.84. The van der Waals surface area contributed by atoms with E-state index in [0.717, 1.165) is 19.4 Å². The average Bonchev–Trinajstić information content (AvgIpc) is 2.45.